The van der Waals surface area contributed by atoms with Crippen LogP contribution in [0.15, 0.2) is 24.3 Å². The fourth-order valence-corrected chi connectivity index (χ4v) is 2.69. The highest BCUT2D eigenvalue weighted by molar-refractivity contribution is 5.94. The van der Waals surface area contributed by atoms with Crippen LogP contribution in [0, 0.1) is 11.3 Å². The van der Waals surface area contributed by atoms with E-state index in [1.807, 2.05) is 36.1 Å². The van der Waals surface area contributed by atoms with E-state index in [-0.39, 0.29) is 17.7 Å². The highest BCUT2D eigenvalue weighted by atomic mass is 16.2. The van der Waals surface area contributed by atoms with Gasteiger partial charge in [-0.05, 0) is 31.2 Å². The van der Waals surface area contributed by atoms with E-state index in [2.05, 4.69) is 0 Å². The maximum atomic E-state index is 12.3. The zero-order chi connectivity index (χ0) is 14.5. The summed E-state index contributed by atoms with van der Waals surface area (Å²) in [4.78, 5) is 14.3. The van der Waals surface area contributed by atoms with E-state index >= 15 is 0 Å². The smallest absolute Gasteiger partial charge is 0.225 e. The van der Waals surface area contributed by atoms with Crippen molar-refractivity contribution in [2.75, 3.05) is 13.1 Å². The molecule has 1 aromatic carbocycles. The molecule has 20 heavy (non-hydrogen) atoms. The normalized spacial score (nSPS) is 16.8. The summed E-state index contributed by atoms with van der Waals surface area (Å²) >= 11 is 0. The molecule has 0 radical (unpaired) electrons. The maximum Gasteiger partial charge on any atom is 0.225 e. The van der Waals surface area contributed by atoms with Gasteiger partial charge in [0, 0.05) is 24.6 Å². The fraction of sp³-hybridized carbons (Fsp3) is 0.500. The number of amidine groups is 1. The molecular formula is C16H23N3O. The Balaban J connectivity index is 1.94. The second kappa shape index (κ2) is 6.55. The molecule has 0 saturated carbocycles. The van der Waals surface area contributed by atoms with Gasteiger partial charge in [0.25, 0.3) is 0 Å². The lowest BCUT2D eigenvalue weighted by atomic mass is 9.97. The van der Waals surface area contributed by atoms with Crippen molar-refractivity contribution in [2.45, 2.75) is 32.6 Å². The van der Waals surface area contributed by atoms with Crippen LogP contribution in [-0.4, -0.2) is 29.7 Å². The van der Waals surface area contributed by atoms with Gasteiger partial charge >= 0.3 is 0 Å². The molecule has 4 heteroatoms. The van der Waals surface area contributed by atoms with Gasteiger partial charge in [0.2, 0.25) is 5.91 Å². The summed E-state index contributed by atoms with van der Waals surface area (Å²) in [6.45, 7) is 3.81. The van der Waals surface area contributed by atoms with E-state index < -0.39 is 0 Å². The van der Waals surface area contributed by atoms with Crippen molar-refractivity contribution < 1.29 is 4.79 Å². The third-order valence-electron chi connectivity index (χ3n) is 3.90. The number of hydrogen-bond donors (Lipinski definition) is 2. The molecular weight excluding hydrogens is 250 g/mol. The molecule has 0 bridgehead atoms. The van der Waals surface area contributed by atoms with Gasteiger partial charge < -0.3 is 10.6 Å². The van der Waals surface area contributed by atoms with Crippen molar-refractivity contribution >= 4 is 11.7 Å². The molecule has 0 aromatic heterocycles. The van der Waals surface area contributed by atoms with Crippen LogP contribution in [-0.2, 0) is 11.2 Å². The molecule has 1 amide bonds. The number of piperidine rings is 1. The standard InChI is InChI=1S/C16H23N3O/c1-12(16(20)19-9-3-2-4-10-19)11-13-5-7-14(8-6-13)15(17)18/h5-8,12H,2-4,9-11H2,1H3,(H3,17,18). The first-order valence-corrected chi connectivity index (χ1v) is 7.30. The second-order valence-corrected chi connectivity index (χ2v) is 5.60. The molecule has 1 saturated heterocycles. The summed E-state index contributed by atoms with van der Waals surface area (Å²) in [5.74, 6) is 0.352. The van der Waals surface area contributed by atoms with Crippen LogP contribution < -0.4 is 5.73 Å². The Morgan fingerprint density at radius 1 is 1.25 bits per heavy atom. The quantitative estimate of drug-likeness (QED) is 0.652. The fourth-order valence-electron chi connectivity index (χ4n) is 2.69. The summed E-state index contributed by atoms with van der Waals surface area (Å²) in [7, 11) is 0. The van der Waals surface area contributed by atoms with Crippen molar-refractivity contribution in [3.05, 3.63) is 35.4 Å². The Hall–Kier alpha value is -1.84. The summed E-state index contributed by atoms with van der Waals surface area (Å²) in [5.41, 5.74) is 7.28. The average molecular weight is 273 g/mol. The van der Waals surface area contributed by atoms with Crippen molar-refractivity contribution in [3.8, 4) is 0 Å². The molecule has 3 N–H and O–H groups in total. The second-order valence-electron chi connectivity index (χ2n) is 5.60. The predicted octanol–water partition coefficient (Wildman–Crippen LogP) is 2.16. The summed E-state index contributed by atoms with van der Waals surface area (Å²) in [5, 5.41) is 7.37. The van der Waals surface area contributed by atoms with Gasteiger partial charge in [0.05, 0.1) is 0 Å². The van der Waals surface area contributed by atoms with Crippen molar-refractivity contribution in [1.82, 2.24) is 4.90 Å². The highest BCUT2D eigenvalue weighted by Gasteiger charge is 2.22. The van der Waals surface area contributed by atoms with Crippen LogP contribution in [0.4, 0.5) is 0 Å². The first kappa shape index (κ1) is 14.6. The summed E-state index contributed by atoms with van der Waals surface area (Å²) < 4.78 is 0. The third kappa shape index (κ3) is 3.59. The van der Waals surface area contributed by atoms with Gasteiger partial charge in [-0.25, -0.2) is 0 Å². The van der Waals surface area contributed by atoms with Crippen LogP contribution in [0.5, 0.6) is 0 Å². The van der Waals surface area contributed by atoms with Crippen LogP contribution >= 0.6 is 0 Å². The Kier molecular flexibility index (Phi) is 4.77. The molecule has 1 atom stereocenters. The van der Waals surface area contributed by atoms with E-state index in [0.717, 1.165) is 43.5 Å². The SMILES string of the molecule is CC(Cc1ccc(C(=N)N)cc1)C(=O)N1CCCCC1. The lowest BCUT2D eigenvalue weighted by molar-refractivity contribution is -0.135. The first-order valence-electron chi connectivity index (χ1n) is 7.30. The molecule has 1 aliphatic rings. The summed E-state index contributed by atoms with van der Waals surface area (Å²) in [6, 6.07) is 7.60. The number of nitrogens with two attached hydrogens (primary N) is 1. The van der Waals surface area contributed by atoms with Gasteiger partial charge in [-0.1, -0.05) is 31.2 Å². The van der Waals surface area contributed by atoms with Crippen molar-refractivity contribution in [3.63, 3.8) is 0 Å². The zero-order valence-corrected chi connectivity index (χ0v) is 12.1. The van der Waals surface area contributed by atoms with Crippen LogP contribution in [0.25, 0.3) is 0 Å². The van der Waals surface area contributed by atoms with Crippen LogP contribution in [0.1, 0.15) is 37.3 Å². The Bertz CT molecular complexity index is 475. The van der Waals surface area contributed by atoms with Gasteiger partial charge in [-0.2, -0.15) is 0 Å². The number of nitrogens with one attached hydrogen (secondary N) is 1. The molecule has 1 fully saturated rings. The first-order chi connectivity index (χ1) is 9.58. The molecule has 1 aromatic rings. The highest BCUT2D eigenvalue weighted by Crippen LogP contribution is 2.16. The molecule has 1 heterocycles. The number of hydrogen-bond acceptors (Lipinski definition) is 2. The minimum Gasteiger partial charge on any atom is -0.384 e. The number of nitrogen functional groups attached to an aromatic ring is 1. The number of carbonyl (C=O) groups excluding carboxylic acids is 1. The van der Waals surface area contributed by atoms with Gasteiger partial charge in [-0.15, -0.1) is 0 Å². The number of likely N-dealkylation sites (tertiary alicyclic amines) is 1. The van der Waals surface area contributed by atoms with Crippen LogP contribution in [0.3, 0.4) is 0 Å². The maximum absolute atomic E-state index is 12.3. The minimum atomic E-state index is 0.0104. The lowest BCUT2D eigenvalue weighted by Gasteiger charge is -2.29. The van der Waals surface area contributed by atoms with E-state index in [4.69, 9.17) is 11.1 Å². The number of carbonyl (C=O) groups is 1. The van der Waals surface area contributed by atoms with Crippen molar-refractivity contribution in [2.24, 2.45) is 11.7 Å². The molecule has 0 spiro atoms. The lowest BCUT2D eigenvalue weighted by Crippen LogP contribution is -2.39. The zero-order valence-electron chi connectivity index (χ0n) is 12.1. The molecule has 0 aliphatic carbocycles. The molecule has 1 unspecified atom stereocenters. The van der Waals surface area contributed by atoms with E-state index in [1.165, 1.54) is 6.42 Å². The number of benzene rings is 1. The molecule has 2 rings (SSSR count). The number of amides is 1. The third-order valence-corrected chi connectivity index (χ3v) is 3.90. The van der Waals surface area contributed by atoms with Gasteiger partial charge in [0.1, 0.15) is 5.84 Å². The van der Waals surface area contributed by atoms with E-state index in [9.17, 15) is 4.79 Å². The predicted molar refractivity (Wildman–Crippen MR) is 80.8 cm³/mol. The molecule has 108 valence electrons. The largest absolute Gasteiger partial charge is 0.384 e. The minimum absolute atomic E-state index is 0.0104. The van der Waals surface area contributed by atoms with E-state index in [1.54, 1.807) is 0 Å². The van der Waals surface area contributed by atoms with E-state index in [0.29, 0.717) is 0 Å². The van der Waals surface area contributed by atoms with Gasteiger partial charge in [-0.3, -0.25) is 10.2 Å². The average Bonchev–Trinajstić information content (AvgIpc) is 2.48. The van der Waals surface area contributed by atoms with Crippen LogP contribution in [0.2, 0.25) is 0 Å². The van der Waals surface area contributed by atoms with Crippen molar-refractivity contribution in [1.29, 1.82) is 5.41 Å². The number of rotatable bonds is 4. The summed E-state index contributed by atoms with van der Waals surface area (Å²) in [6.07, 6.45) is 4.25. The Labute approximate surface area is 120 Å². The number of nitrogens with zero attached hydrogens (tertiary/aromatic N) is 1. The monoisotopic (exact) mass is 273 g/mol. The Morgan fingerprint density at radius 2 is 1.85 bits per heavy atom. The Morgan fingerprint density at radius 3 is 2.40 bits per heavy atom. The topological polar surface area (TPSA) is 70.2 Å². The molecule has 1 aliphatic heterocycles. The molecule has 4 nitrogen and oxygen atoms in total. The van der Waals surface area contributed by atoms with Gasteiger partial charge in [0.15, 0.2) is 0 Å².